The van der Waals surface area contributed by atoms with Gasteiger partial charge in [0.1, 0.15) is 11.5 Å². The summed E-state index contributed by atoms with van der Waals surface area (Å²) in [6.07, 6.45) is 4.13. The molecule has 1 fully saturated rings. The zero-order valence-corrected chi connectivity index (χ0v) is 21.2. The van der Waals surface area contributed by atoms with E-state index in [0.29, 0.717) is 48.1 Å². The molecule has 4 N–H and O–H groups in total. The van der Waals surface area contributed by atoms with Gasteiger partial charge < -0.3 is 16.4 Å². The first-order valence-corrected chi connectivity index (χ1v) is 12.6. The number of aromatic nitrogens is 5. The smallest absolute Gasteiger partial charge is 0.270 e. The number of carbonyl (C=O) groups excluding carboxylic acids is 2. The van der Waals surface area contributed by atoms with Gasteiger partial charge in [0.2, 0.25) is 11.7 Å². The van der Waals surface area contributed by atoms with Crippen LogP contribution < -0.4 is 16.4 Å². The van der Waals surface area contributed by atoms with Gasteiger partial charge in [-0.05, 0) is 80.0 Å². The van der Waals surface area contributed by atoms with Crippen LogP contribution in [0.2, 0.25) is 0 Å². The van der Waals surface area contributed by atoms with Crippen molar-refractivity contribution in [3.63, 3.8) is 0 Å². The monoisotopic (exact) mass is 508 g/mol. The maximum absolute atomic E-state index is 13.5. The minimum absolute atomic E-state index is 0.0137. The normalized spacial score (nSPS) is 17.4. The van der Waals surface area contributed by atoms with Crippen LogP contribution in [0.15, 0.2) is 30.3 Å². The molecule has 2 amide bonds. The van der Waals surface area contributed by atoms with Crippen molar-refractivity contribution < 1.29 is 14.0 Å². The molecular formula is C26H33FN8O2. The number of nitrogens with one attached hydrogen (secondary N) is 2. The fourth-order valence-corrected chi connectivity index (χ4v) is 4.59. The summed E-state index contributed by atoms with van der Waals surface area (Å²) in [6.45, 7) is 4.76. The van der Waals surface area contributed by atoms with Crippen LogP contribution in [0.5, 0.6) is 0 Å². The van der Waals surface area contributed by atoms with Gasteiger partial charge in [0.15, 0.2) is 0 Å². The van der Waals surface area contributed by atoms with E-state index in [0.717, 1.165) is 31.2 Å². The number of pyridine rings is 1. The van der Waals surface area contributed by atoms with Gasteiger partial charge >= 0.3 is 0 Å². The summed E-state index contributed by atoms with van der Waals surface area (Å²) in [4.78, 5) is 30.5. The van der Waals surface area contributed by atoms with Gasteiger partial charge in [0, 0.05) is 36.8 Å². The molecule has 0 atom stereocenters. The van der Waals surface area contributed by atoms with E-state index in [1.807, 2.05) is 6.07 Å². The van der Waals surface area contributed by atoms with Crippen LogP contribution in [0.4, 0.5) is 4.39 Å². The van der Waals surface area contributed by atoms with Crippen LogP contribution in [0, 0.1) is 25.6 Å². The van der Waals surface area contributed by atoms with Crippen LogP contribution in [0.1, 0.15) is 59.4 Å². The Kier molecular flexibility index (Phi) is 8.54. The molecular weight excluding hydrogens is 475 g/mol. The number of nitrogens with two attached hydrogens (primary N) is 1. The first-order valence-electron chi connectivity index (χ1n) is 12.6. The highest BCUT2D eigenvalue weighted by Gasteiger charge is 2.23. The maximum Gasteiger partial charge on any atom is 0.270 e. The Morgan fingerprint density at radius 1 is 1.14 bits per heavy atom. The summed E-state index contributed by atoms with van der Waals surface area (Å²) in [5.41, 5.74) is 8.34. The number of amides is 2. The topological polar surface area (TPSA) is 141 Å². The molecule has 4 rings (SSSR count). The van der Waals surface area contributed by atoms with Gasteiger partial charge in [-0.2, -0.15) is 4.80 Å². The Morgan fingerprint density at radius 3 is 2.65 bits per heavy atom. The Hall–Kier alpha value is -3.73. The fraction of sp³-hybridized carbons (Fsp3) is 0.462. The number of rotatable bonds is 9. The van der Waals surface area contributed by atoms with Crippen LogP contribution in [-0.4, -0.2) is 49.6 Å². The number of hydrogen-bond donors (Lipinski definition) is 3. The van der Waals surface area contributed by atoms with Crippen molar-refractivity contribution in [2.45, 2.75) is 65.1 Å². The molecule has 1 saturated carbocycles. The van der Waals surface area contributed by atoms with Crippen molar-refractivity contribution in [3.05, 3.63) is 58.7 Å². The Morgan fingerprint density at radius 2 is 1.92 bits per heavy atom. The standard InChI is InChI=1S/C26H33FN8O2/c1-16-11-19(5-8-22(16)27)14-29-26(37)23-13-20(12-17(2)30-23)25-32-34-35(33-25)15-18-3-6-21(7-4-18)31-24(36)9-10-28/h5,8,11-13,18,21H,3-4,6-7,9-10,14-15,28H2,1-2H3,(H,29,37)(H,31,36)/t18-,21-. The Bertz CT molecular complexity index is 1250. The van der Waals surface area contributed by atoms with Crippen LogP contribution >= 0.6 is 0 Å². The lowest BCUT2D eigenvalue weighted by Crippen LogP contribution is -2.38. The maximum atomic E-state index is 13.5. The van der Waals surface area contributed by atoms with Crippen molar-refractivity contribution in [2.24, 2.45) is 11.7 Å². The van der Waals surface area contributed by atoms with E-state index in [2.05, 4.69) is 31.0 Å². The fourth-order valence-electron chi connectivity index (χ4n) is 4.59. The first kappa shape index (κ1) is 26.3. The summed E-state index contributed by atoms with van der Waals surface area (Å²) < 4.78 is 13.5. The summed E-state index contributed by atoms with van der Waals surface area (Å²) >= 11 is 0. The van der Waals surface area contributed by atoms with Crippen molar-refractivity contribution in [2.75, 3.05) is 6.54 Å². The minimum atomic E-state index is -0.338. The lowest BCUT2D eigenvalue weighted by atomic mass is 9.86. The zero-order valence-electron chi connectivity index (χ0n) is 21.2. The second-order valence-electron chi connectivity index (χ2n) is 9.64. The third-order valence-corrected chi connectivity index (χ3v) is 6.58. The van der Waals surface area contributed by atoms with Crippen molar-refractivity contribution in [1.29, 1.82) is 0 Å². The second kappa shape index (κ2) is 12.0. The first-order chi connectivity index (χ1) is 17.8. The molecule has 3 aromatic rings. The molecule has 10 nitrogen and oxygen atoms in total. The highest BCUT2D eigenvalue weighted by molar-refractivity contribution is 5.93. The molecule has 1 aliphatic carbocycles. The molecule has 196 valence electrons. The quantitative estimate of drug-likeness (QED) is 0.403. The number of aryl methyl sites for hydroxylation is 2. The van der Waals surface area contributed by atoms with Gasteiger partial charge in [-0.15, -0.1) is 10.2 Å². The Labute approximate surface area is 215 Å². The van der Waals surface area contributed by atoms with Gasteiger partial charge in [-0.1, -0.05) is 12.1 Å². The number of nitrogens with zero attached hydrogens (tertiary/aromatic N) is 5. The SMILES string of the molecule is Cc1cc(-c2nnn(C[C@H]3CC[C@H](NC(=O)CCN)CC3)n2)cc(C(=O)NCc2ccc(F)c(C)c2)n1. The summed E-state index contributed by atoms with van der Waals surface area (Å²) in [5.74, 6) is 0.228. The van der Waals surface area contributed by atoms with Gasteiger partial charge in [0.25, 0.3) is 5.91 Å². The van der Waals surface area contributed by atoms with E-state index >= 15 is 0 Å². The summed E-state index contributed by atoms with van der Waals surface area (Å²) in [6, 6.07) is 8.40. The molecule has 0 spiro atoms. The third-order valence-electron chi connectivity index (χ3n) is 6.58. The van der Waals surface area contributed by atoms with E-state index in [1.165, 1.54) is 6.07 Å². The second-order valence-corrected chi connectivity index (χ2v) is 9.64. The van der Waals surface area contributed by atoms with E-state index in [-0.39, 0.29) is 35.9 Å². The molecule has 2 aromatic heterocycles. The van der Waals surface area contributed by atoms with Crippen LogP contribution in [0.25, 0.3) is 11.4 Å². The molecule has 0 bridgehead atoms. The number of halogens is 1. The largest absolute Gasteiger partial charge is 0.353 e. The average molecular weight is 509 g/mol. The van der Waals surface area contributed by atoms with Crippen molar-refractivity contribution in [3.8, 4) is 11.4 Å². The van der Waals surface area contributed by atoms with Gasteiger partial charge in [-0.3, -0.25) is 9.59 Å². The molecule has 2 heterocycles. The predicted octanol–water partition coefficient (Wildman–Crippen LogP) is 2.44. The van der Waals surface area contributed by atoms with Crippen molar-refractivity contribution >= 4 is 11.8 Å². The molecule has 0 unspecified atom stereocenters. The van der Waals surface area contributed by atoms with Gasteiger partial charge in [0.05, 0.1) is 6.54 Å². The van der Waals surface area contributed by atoms with Crippen molar-refractivity contribution in [1.82, 2.24) is 35.8 Å². The van der Waals surface area contributed by atoms with E-state index in [9.17, 15) is 14.0 Å². The van der Waals surface area contributed by atoms with E-state index in [4.69, 9.17) is 5.73 Å². The minimum Gasteiger partial charge on any atom is -0.353 e. The molecule has 0 saturated heterocycles. The third kappa shape index (κ3) is 7.16. The van der Waals surface area contributed by atoms with E-state index in [1.54, 1.807) is 36.8 Å². The summed E-state index contributed by atoms with van der Waals surface area (Å²) in [5, 5.41) is 18.8. The van der Waals surface area contributed by atoms with Crippen LogP contribution in [-0.2, 0) is 17.9 Å². The molecule has 37 heavy (non-hydrogen) atoms. The van der Waals surface area contributed by atoms with Gasteiger partial charge in [-0.25, -0.2) is 9.37 Å². The van der Waals surface area contributed by atoms with Crippen LogP contribution in [0.3, 0.4) is 0 Å². The lowest BCUT2D eigenvalue weighted by Gasteiger charge is -2.28. The molecule has 11 heteroatoms. The predicted molar refractivity (Wildman–Crippen MR) is 136 cm³/mol. The number of benzene rings is 1. The molecule has 0 aliphatic heterocycles. The lowest BCUT2D eigenvalue weighted by molar-refractivity contribution is -0.121. The zero-order chi connectivity index (χ0) is 26.4. The number of hydrogen-bond acceptors (Lipinski definition) is 7. The summed E-state index contributed by atoms with van der Waals surface area (Å²) in [7, 11) is 0. The molecule has 0 radical (unpaired) electrons. The molecule has 1 aliphatic rings. The highest BCUT2D eigenvalue weighted by atomic mass is 19.1. The Balaban J connectivity index is 1.34. The highest BCUT2D eigenvalue weighted by Crippen LogP contribution is 2.26. The molecule has 1 aromatic carbocycles. The van der Waals surface area contributed by atoms with E-state index < -0.39 is 0 Å². The average Bonchev–Trinajstić information content (AvgIpc) is 3.34. The number of carbonyl (C=O) groups is 2. The number of tetrazole rings is 1.